The standard InChI is InChI=1S/C22H31N5O4S/c1-4-26(5-2)21-7-6-17(32(29,30)27-8-10-31-11-9-27)12-20(21)24-22(28)19-13-18(19)16-14-23-25(3)15-16/h6-7,12,14-15,18-19H,4-5,8-11,13H2,1-3H3,(H,24,28)/t18-,19-/m0/s1. The van der Waals surface area contributed by atoms with E-state index in [4.69, 9.17) is 4.74 Å². The lowest BCUT2D eigenvalue weighted by Crippen LogP contribution is -2.40. The SMILES string of the molecule is CCN(CC)c1ccc(S(=O)(=O)N2CCOCC2)cc1NC(=O)[C@H]1C[C@H]1c1cnn(C)c1. The van der Waals surface area contributed by atoms with E-state index in [2.05, 4.69) is 15.3 Å². The monoisotopic (exact) mass is 461 g/mol. The van der Waals surface area contributed by atoms with E-state index in [-0.39, 0.29) is 22.6 Å². The molecule has 10 heteroatoms. The Kier molecular flexibility index (Phi) is 6.55. The molecule has 9 nitrogen and oxygen atoms in total. The largest absolute Gasteiger partial charge is 0.379 e. The lowest BCUT2D eigenvalue weighted by molar-refractivity contribution is -0.117. The Morgan fingerprint density at radius 1 is 1.25 bits per heavy atom. The lowest BCUT2D eigenvalue weighted by atomic mass is 10.2. The summed E-state index contributed by atoms with van der Waals surface area (Å²) >= 11 is 0. The van der Waals surface area contributed by atoms with Gasteiger partial charge in [0.05, 0.1) is 35.7 Å². The molecule has 1 saturated heterocycles. The number of hydrogen-bond donors (Lipinski definition) is 1. The zero-order valence-electron chi connectivity index (χ0n) is 18.8. The van der Waals surface area contributed by atoms with Crippen molar-refractivity contribution >= 4 is 27.3 Å². The maximum atomic E-state index is 13.2. The van der Waals surface area contributed by atoms with Crippen molar-refractivity contribution in [2.24, 2.45) is 13.0 Å². The van der Waals surface area contributed by atoms with Crippen molar-refractivity contribution in [3.63, 3.8) is 0 Å². The number of aromatic nitrogens is 2. The van der Waals surface area contributed by atoms with E-state index in [0.29, 0.717) is 32.0 Å². The summed E-state index contributed by atoms with van der Waals surface area (Å²) in [5, 5.41) is 7.22. The summed E-state index contributed by atoms with van der Waals surface area (Å²) in [5.74, 6) is -0.0719. The molecule has 1 aromatic carbocycles. The smallest absolute Gasteiger partial charge is 0.243 e. The highest BCUT2D eigenvalue weighted by Crippen LogP contribution is 2.48. The van der Waals surface area contributed by atoms with Crippen molar-refractivity contribution in [2.45, 2.75) is 31.1 Å². The molecule has 1 saturated carbocycles. The van der Waals surface area contributed by atoms with Gasteiger partial charge in [0.2, 0.25) is 15.9 Å². The van der Waals surface area contributed by atoms with Crippen LogP contribution in [-0.4, -0.2) is 67.8 Å². The second-order valence-electron chi connectivity index (χ2n) is 8.25. The summed E-state index contributed by atoms with van der Waals surface area (Å²) in [4.78, 5) is 15.3. The predicted molar refractivity (Wildman–Crippen MR) is 122 cm³/mol. The second-order valence-corrected chi connectivity index (χ2v) is 10.2. The highest BCUT2D eigenvalue weighted by molar-refractivity contribution is 7.89. The predicted octanol–water partition coefficient (Wildman–Crippen LogP) is 2.03. The molecule has 1 aliphatic carbocycles. The normalized spacial score (nSPS) is 21.3. The third kappa shape index (κ3) is 4.53. The Labute approximate surface area is 189 Å². The molecule has 2 heterocycles. The number of rotatable bonds is 8. The zero-order chi connectivity index (χ0) is 22.9. The Bertz CT molecular complexity index is 1070. The fourth-order valence-corrected chi connectivity index (χ4v) is 5.70. The number of carbonyl (C=O) groups is 1. The van der Waals surface area contributed by atoms with Crippen LogP contribution in [0.1, 0.15) is 31.7 Å². The number of benzene rings is 1. The fraction of sp³-hybridized carbons (Fsp3) is 0.545. The van der Waals surface area contributed by atoms with Gasteiger partial charge in [0.1, 0.15) is 0 Å². The number of morpholine rings is 1. The number of nitrogens with one attached hydrogen (secondary N) is 1. The van der Waals surface area contributed by atoms with Gasteiger partial charge in [-0.15, -0.1) is 0 Å². The van der Waals surface area contributed by atoms with E-state index in [1.54, 1.807) is 29.1 Å². The summed E-state index contributed by atoms with van der Waals surface area (Å²) in [6.45, 7) is 7.00. The number of carbonyl (C=O) groups excluding carboxylic acids is 1. The molecule has 1 amide bonds. The molecule has 4 rings (SSSR count). The quantitative estimate of drug-likeness (QED) is 0.646. The molecule has 32 heavy (non-hydrogen) atoms. The van der Waals surface area contributed by atoms with Gasteiger partial charge in [-0.3, -0.25) is 9.48 Å². The highest BCUT2D eigenvalue weighted by atomic mass is 32.2. The molecule has 0 bridgehead atoms. The van der Waals surface area contributed by atoms with E-state index in [0.717, 1.165) is 30.8 Å². The van der Waals surface area contributed by atoms with Crippen molar-refractivity contribution in [3.8, 4) is 0 Å². The number of anilines is 2. The van der Waals surface area contributed by atoms with Gasteiger partial charge < -0.3 is 15.0 Å². The fourth-order valence-electron chi connectivity index (χ4n) is 4.26. The van der Waals surface area contributed by atoms with Crippen molar-refractivity contribution in [3.05, 3.63) is 36.2 Å². The van der Waals surface area contributed by atoms with Crippen LogP contribution in [0.4, 0.5) is 11.4 Å². The Morgan fingerprint density at radius 2 is 1.97 bits per heavy atom. The molecular formula is C22H31N5O4S. The van der Waals surface area contributed by atoms with Gasteiger partial charge in [0, 0.05) is 45.3 Å². The molecule has 2 fully saturated rings. The highest BCUT2D eigenvalue weighted by Gasteiger charge is 2.45. The van der Waals surface area contributed by atoms with Gasteiger partial charge >= 0.3 is 0 Å². The minimum absolute atomic E-state index is 0.0896. The molecular weight excluding hydrogens is 430 g/mol. The van der Waals surface area contributed by atoms with Crippen LogP contribution in [0.25, 0.3) is 0 Å². The molecule has 2 aliphatic rings. The molecule has 174 valence electrons. The number of aryl methyl sites for hydroxylation is 1. The molecule has 2 aromatic rings. The van der Waals surface area contributed by atoms with E-state index in [9.17, 15) is 13.2 Å². The topological polar surface area (TPSA) is 96.8 Å². The molecule has 1 aromatic heterocycles. The van der Waals surface area contributed by atoms with Crippen molar-refractivity contribution in [2.75, 3.05) is 49.6 Å². The molecule has 0 unspecified atom stereocenters. The first-order valence-corrected chi connectivity index (χ1v) is 12.6. The average Bonchev–Trinajstić information content (AvgIpc) is 3.49. The first-order chi connectivity index (χ1) is 15.3. The lowest BCUT2D eigenvalue weighted by Gasteiger charge is -2.28. The van der Waals surface area contributed by atoms with Crippen LogP contribution >= 0.6 is 0 Å². The minimum atomic E-state index is -3.66. The van der Waals surface area contributed by atoms with Crippen LogP contribution in [0.5, 0.6) is 0 Å². The van der Waals surface area contributed by atoms with Crippen LogP contribution in [0, 0.1) is 5.92 Å². The van der Waals surface area contributed by atoms with Gasteiger partial charge in [-0.1, -0.05) is 0 Å². The Balaban J connectivity index is 1.59. The van der Waals surface area contributed by atoms with E-state index >= 15 is 0 Å². The summed E-state index contributed by atoms with van der Waals surface area (Å²) < 4.78 is 34.8. The second kappa shape index (κ2) is 9.21. The summed E-state index contributed by atoms with van der Waals surface area (Å²) in [6.07, 6.45) is 4.51. The first kappa shape index (κ1) is 22.8. The molecule has 0 spiro atoms. The number of ether oxygens (including phenoxy) is 1. The summed E-state index contributed by atoms with van der Waals surface area (Å²) in [7, 11) is -1.80. The van der Waals surface area contributed by atoms with Gasteiger partial charge in [-0.2, -0.15) is 9.40 Å². The van der Waals surface area contributed by atoms with E-state index in [1.807, 2.05) is 27.1 Å². The van der Waals surface area contributed by atoms with Gasteiger partial charge in [0.25, 0.3) is 0 Å². The summed E-state index contributed by atoms with van der Waals surface area (Å²) in [5.41, 5.74) is 2.41. The number of nitrogens with zero attached hydrogens (tertiary/aromatic N) is 4. The number of amides is 1. The third-order valence-electron chi connectivity index (χ3n) is 6.22. The van der Waals surface area contributed by atoms with Crippen LogP contribution in [-0.2, 0) is 26.6 Å². The molecule has 0 radical (unpaired) electrons. The molecule has 1 N–H and O–H groups in total. The van der Waals surface area contributed by atoms with E-state index in [1.165, 1.54) is 4.31 Å². The third-order valence-corrected chi connectivity index (χ3v) is 8.11. The first-order valence-electron chi connectivity index (χ1n) is 11.1. The molecule has 2 atom stereocenters. The van der Waals surface area contributed by atoms with E-state index < -0.39 is 10.0 Å². The zero-order valence-corrected chi connectivity index (χ0v) is 19.6. The maximum Gasteiger partial charge on any atom is 0.243 e. The number of sulfonamides is 1. The maximum absolute atomic E-state index is 13.2. The van der Waals surface area contributed by atoms with Crippen molar-refractivity contribution in [1.29, 1.82) is 0 Å². The average molecular weight is 462 g/mol. The minimum Gasteiger partial charge on any atom is -0.379 e. The van der Waals surface area contributed by atoms with Crippen LogP contribution < -0.4 is 10.2 Å². The summed E-state index contributed by atoms with van der Waals surface area (Å²) in [6, 6.07) is 5.02. The van der Waals surface area contributed by atoms with Crippen LogP contribution in [0.15, 0.2) is 35.5 Å². The van der Waals surface area contributed by atoms with Crippen LogP contribution in [0.2, 0.25) is 0 Å². The van der Waals surface area contributed by atoms with Crippen molar-refractivity contribution in [1.82, 2.24) is 14.1 Å². The van der Waals surface area contributed by atoms with Gasteiger partial charge in [-0.25, -0.2) is 8.42 Å². The van der Waals surface area contributed by atoms with Gasteiger partial charge in [-0.05, 0) is 49.9 Å². The van der Waals surface area contributed by atoms with Crippen LogP contribution in [0.3, 0.4) is 0 Å². The Morgan fingerprint density at radius 3 is 2.59 bits per heavy atom. The molecule has 1 aliphatic heterocycles. The Hall–Kier alpha value is -2.43. The van der Waals surface area contributed by atoms with Gasteiger partial charge in [0.15, 0.2) is 0 Å². The van der Waals surface area contributed by atoms with Crippen molar-refractivity contribution < 1.29 is 17.9 Å². The number of hydrogen-bond acceptors (Lipinski definition) is 6.